The van der Waals surface area contributed by atoms with Crippen molar-refractivity contribution in [1.82, 2.24) is 10.2 Å². The second kappa shape index (κ2) is 6.10. The molecule has 0 saturated carbocycles. The number of aromatic nitrogens is 2. The summed E-state index contributed by atoms with van der Waals surface area (Å²) in [7, 11) is 0. The third kappa shape index (κ3) is 3.13. The molecule has 0 aliphatic heterocycles. The predicted molar refractivity (Wildman–Crippen MR) is 82.9 cm³/mol. The van der Waals surface area contributed by atoms with Crippen LogP contribution in [0.4, 0.5) is 0 Å². The first-order valence-corrected chi connectivity index (χ1v) is 7.33. The molecule has 2 aromatic carbocycles. The van der Waals surface area contributed by atoms with Crippen molar-refractivity contribution in [3.8, 4) is 17.2 Å². The van der Waals surface area contributed by atoms with Gasteiger partial charge >= 0.3 is 0 Å². The largest absolute Gasteiger partial charge is 0.481 e. The number of para-hydroxylation sites is 1. The van der Waals surface area contributed by atoms with E-state index in [1.54, 1.807) is 0 Å². The van der Waals surface area contributed by atoms with Gasteiger partial charge in [-0.25, -0.2) is 0 Å². The highest BCUT2D eigenvalue weighted by Gasteiger charge is 2.17. The highest BCUT2D eigenvalue weighted by molar-refractivity contribution is 9.10. The number of ether oxygens (including phenoxy) is 1. The summed E-state index contributed by atoms with van der Waals surface area (Å²) in [6, 6.07) is 17.3. The van der Waals surface area contributed by atoms with Crippen molar-refractivity contribution in [2.75, 3.05) is 0 Å². The Bertz CT molecular complexity index is 728. The number of rotatable bonds is 4. The zero-order valence-corrected chi connectivity index (χ0v) is 12.9. The number of halogens is 1. The molecule has 0 amide bonds. The number of hydrogen-bond acceptors (Lipinski definition) is 4. The molecular formula is C16H13BrN2O2. The molecule has 1 heterocycles. The van der Waals surface area contributed by atoms with E-state index in [0.29, 0.717) is 11.8 Å². The fourth-order valence-corrected chi connectivity index (χ4v) is 2.35. The van der Waals surface area contributed by atoms with E-state index in [-0.39, 0.29) is 6.10 Å². The van der Waals surface area contributed by atoms with Crippen LogP contribution in [0, 0.1) is 0 Å². The normalized spacial score (nSPS) is 12.1. The molecule has 0 spiro atoms. The van der Waals surface area contributed by atoms with Crippen molar-refractivity contribution in [2.45, 2.75) is 13.0 Å². The lowest BCUT2D eigenvalue weighted by Gasteiger charge is -2.10. The highest BCUT2D eigenvalue weighted by atomic mass is 79.9. The van der Waals surface area contributed by atoms with Crippen LogP contribution in [-0.4, -0.2) is 10.2 Å². The third-order valence-corrected chi connectivity index (χ3v) is 3.64. The average Bonchev–Trinajstić information content (AvgIpc) is 2.98. The minimum absolute atomic E-state index is 0.309. The van der Waals surface area contributed by atoms with Gasteiger partial charge in [0.25, 0.3) is 5.89 Å². The minimum Gasteiger partial charge on any atom is -0.481 e. The quantitative estimate of drug-likeness (QED) is 0.691. The molecule has 0 bridgehead atoms. The summed E-state index contributed by atoms with van der Waals surface area (Å²) in [5, 5.41) is 8.15. The van der Waals surface area contributed by atoms with Crippen LogP contribution in [-0.2, 0) is 0 Å². The van der Waals surface area contributed by atoms with Crippen LogP contribution in [0.3, 0.4) is 0 Å². The van der Waals surface area contributed by atoms with Crippen LogP contribution in [0.15, 0.2) is 63.5 Å². The van der Waals surface area contributed by atoms with Crippen molar-refractivity contribution in [3.05, 3.63) is 65.0 Å². The van der Waals surface area contributed by atoms with Gasteiger partial charge in [0, 0.05) is 4.47 Å². The molecule has 0 fully saturated rings. The molecule has 5 heteroatoms. The van der Waals surface area contributed by atoms with Crippen molar-refractivity contribution >= 4 is 15.9 Å². The van der Waals surface area contributed by atoms with Gasteiger partial charge in [-0.15, -0.1) is 10.2 Å². The first-order valence-electron chi connectivity index (χ1n) is 6.54. The third-order valence-electron chi connectivity index (χ3n) is 2.95. The van der Waals surface area contributed by atoms with Crippen LogP contribution in [0.1, 0.15) is 18.9 Å². The van der Waals surface area contributed by atoms with Gasteiger partial charge in [-0.3, -0.25) is 0 Å². The monoisotopic (exact) mass is 344 g/mol. The van der Waals surface area contributed by atoms with Gasteiger partial charge in [-0.2, -0.15) is 0 Å². The van der Waals surface area contributed by atoms with E-state index in [4.69, 9.17) is 9.15 Å². The molecule has 4 nitrogen and oxygen atoms in total. The molecule has 1 atom stereocenters. The van der Waals surface area contributed by atoms with E-state index in [0.717, 1.165) is 15.8 Å². The molecule has 0 radical (unpaired) electrons. The van der Waals surface area contributed by atoms with Crippen LogP contribution in [0.2, 0.25) is 0 Å². The van der Waals surface area contributed by atoms with Crippen LogP contribution in [0.25, 0.3) is 11.5 Å². The average molecular weight is 345 g/mol. The molecule has 3 rings (SSSR count). The first kappa shape index (κ1) is 13.8. The summed E-state index contributed by atoms with van der Waals surface area (Å²) in [5.41, 5.74) is 0.864. The van der Waals surface area contributed by atoms with Gasteiger partial charge in [-0.1, -0.05) is 30.3 Å². The van der Waals surface area contributed by atoms with Crippen LogP contribution in [0.5, 0.6) is 5.75 Å². The van der Waals surface area contributed by atoms with Gasteiger partial charge in [-0.05, 0) is 47.1 Å². The van der Waals surface area contributed by atoms with E-state index in [9.17, 15) is 0 Å². The molecule has 1 unspecified atom stereocenters. The van der Waals surface area contributed by atoms with Gasteiger partial charge < -0.3 is 9.15 Å². The summed E-state index contributed by atoms with van der Waals surface area (Å²) in [6.45, 7) is 1.88. The molecule has 106 valence electrons. The molecule has 21 heavy (non-hydrogen) atoms. The SMILES string of the molecule is CC(Oc1ccccc1)c1nnc(-c2ccccc2Br)o1. The lowest BCUT2D eigenvalue weighted by Crippen LogP contribution is -2.03. The number of nitrogens with zero attached hydrogens (tertiary/aromatic N) is 2. The Kier molecular flexibility index (Phi) is 4.01. The molecule has 0 saturated heterocycles. The van der Waals surface area contributed by atoms with E-state index >= 15 is 0 Å². The van der Waals surface area contributed by atoms with Gasteiger partial charge in [0.05, 0.1) is 5.56 Å². The summed E-state index contributed by atoms with van der Waals surface area (Å²) in [6.07, 6.45) is -0.309. The maximum Gasteiger partial charge on any atom is 0.257 e. The van der Waals surface area contributed by atoms with Crippen LogP contribution < -0.4 is 4.74 Å². The number of benzene rings is 2. The van der Waals surface area contributed by atoms with Gasteiger partial charge in [0.1, 0.15) is 5.75 Å². The number of hydrogen-bond donors (Lipinski definition) is 0. The van der Waals surface area contributed by atoms with Crippen molar-refractivity contribution in [1.29, 1.82) is 0 Å². The maximum absolute atomic E-state index is 5.77. The lowest BCUT2D eigenvalue weighted by molar-refractivity contribution is 0.189. The smallest absolute Gasteiger partial charge is 0.257 e. The molecule has 3 aromatic rings. The summed E-state index contributed by atoms with van der Waals surface area (Å²) in [4.78, 5) is 0. The maximum atomic E-state index is 5.77. The Morgan fingerprint density at radius 1 is 1.00 bits per heavy atom. The summed E-state index contributed by atoms with van der Waals surface area (Å²) < 4.78 is 12.4. The second-order valence-corrected chi connectivity index (χ2v) is 5.35. The zero-order chi connectivity index (χ0) is 14.7. The summed E-state index contributed by atoms with van der Waals surface area (Å²) >= 11 is 3.47. The fourth-order valence-electron chi connectivity index (χ4n) is 1.90. The lowest BCUT2D eigenvalue weighted by atomic mass is 10.2. The van der Waals surface area contributed by atoms with Crippen molar-refractivity contribution < 1.29 is 9.15 Å². The van der Waals surface area contributed by atoms with E-state index in [1.165, 1.54) is 0 Å². The zero-order valence-electron chi connectivity index (χ0n) is 11.4. The molecular weight excluding hydrogens is 332 g/mol. The Morgan fingerprint density at radius 2 is 1.71 bits per heavy atom. The summed E-state index contributed by atoms with van der Waals surface area (Å²) in [5.74, 6) is 1.69. The molecule has 0 N–H and O–H groups in total. The second-order valence-electron chi connectivity index (χ2n) is 4.50. The van der Waals surface area contributed by atoms with Crippen LogP contribution >= 0.6 is 15.9 Å². The standard InChI is InChI=1S/C16H13BrN2O2/c1-11(20-12-7-3-2-4-8-12)15-18-19-16(21-15)13-9-5-6-10-14(13)17/h2-11H,1H3. The predicted octanol–water partition coefficient (Wildman–Crippen LogP) is 4.64. The Hall–Kier alpha value is -2.14. The van der Waals surface area contributed by atoms with Crippen molar-refractivity contribution in [2.24, 2.45) is 0 Å². The molecule has 0 aliphatic carbocycles. The van der Waals surface area contributed by atoms with Crippen molar-refractivity contribution in [3.63, 3.8) is 0 Å². The highest BCUT2D eigenvalue weighted by Crippen LogP contribution is 2.28. The molecule has 0 aliphatic rings. The Balaban J connectivity index is 1.80. The van der Waals surface area contributed by atoms with E-state index in [2.05, 4.69) is 26.1 Å². The van der Waals surface area contributed by atoms with Gasteiger partial charge in [0.15, 0.2) is 6.10 Å². The minimum atomic E-state index is -0.309. The van der Waals surface area contributed by atoms with E-state index in [1.807, 2.05) is 61.5 Å². The fraction of sp³-hybridized carbons (Fsp3) is 0.125. The topological polar surface area (TPSA) is 48.2 Å². The first-order chi connectivity index (χ1) is 10.2. The Labute approximate surface area is 130 Å². The Morgan fingerprint density at radius 3 is 2.48 bits per heavy atom. The molecule has 1 aromatic heterocycles. The van der Waals surface area contributed by atoms with Gasteiger partial charge in [0.2, 0.25) is 5.89 Å². The van der Waals surface area contributed by atoms with E-state index < -0.39 is 0 Å².